The van der Waals surface area contributed by atoms with Gasteiger partial charge in [-0.1, -0.05) is 30.2 Å². The van der Waals surface area contributed by atoms with Crippen molar-refractivity contribution in [2.45, 2.75) is 68.5 Å². The van der Waals surface area contributed by atoms with E-state index in [0.29, 0.717) is 65.0 Å². The number of aromatic nitrogens is 2. The normalized spacial score (nSPS) is 19.2. The molecule has 1 atom stereocenters. The van der Waals surface area contributed by atoms with Crippen LogP contribution in [0.15, 0.2) is 71.9 Å². The minimum Gasteiger partial charge on any atom is -0.494 e. The van der Waals surface area contributed by atoms with Crippen LogP contribution in [0.4, 0.5) is 21.6 Å². The Kier molecular flexibility index (Phi) is 14.5. The number of unbranched alkanes of at least 4 members (excludes halogenated alkanes) is 2. The van der Waals surface area contributed by atoms with Crippen molar-refractivity contribution in [2.24, 2.45) is 0 Å². The number of piperidine rings is 2. The number of anilines is 3. The van der Waals surface area contributed by atoms with E-state index >= 15 is 0 Å². The summed E-state index contributed by atoms with van der Waals surface area (Å²) in [4.78, 5) is 69.4. The van der Waals surface area contributed by atoms with Gasteiger partial charge < -0.3 is 25.2 Å². The fraction of sp³-hybridized carbons (Fsp3) is 0.435. The highest BCUT2D eigenvalue weighted by atomic mass is 35.5. The fourth-order valence-corrected chi connectivity index (χ4v) is 10.2. The van der Waals surface area contributed by atoms with Crippen molar-refractivity contribution in [1.82, 2.24) is 34.9 Å². The van der Waals surface area contributed by atoms with Crippen LogP contribution in [0.25, 0.3) is 10.9 Å². The van der Waals surface area contributed by atoms with Gasteiger partial charge in [-0.3, -0.25) is 34.3 Å². The predicted octanol–water partition coefficient (Wildman–Crippen LogP) is 6.47. The number of hydrogen-bond donors (Lipinski definition) is 3. The Bertz CT molecular complexity index is 2370. The molecule has 1 aromatic heterocycles. The summed E-state index contributed by atoms with van der Waals surface area (Å²) < 4.78 is 19.3. The van der Waals surface area contributed by atoms with Gasteiger partial charge >= 0.3 is 0 Å². The number of benzene rings is 3. The van der Waals surface area contributed by atoms with Crippen LogP contribution in [0.2, 0.25) is 5.02 Å². The van der Waals surface area contributed by atoms with Crippen LogP contribution in [0.3, 0.4) is 0 Å². The summed E-state index contributed by atoms with van der Waals surface area (Å²) >= 11 is 7.77. The number of rotatable bonds is 16. The average Bonchev–Trinajstić information content (AvgIpc) is 3.62. The van der Waals surface area contributed by atoms with Gasteiger partial charge in [-0.05, 0) is 99.5 Å². The average molecular weight is 899 g/mol. The van der Waals surface area contributed by atoms with E-state index in [1.165, 1.54) is 25.6 Å². The maximum atomic E-state index is 13.7. The third kappa shape index (κ3) is 10.8. The second-order valence-corrected chi connectivity index (χ2v) is 18.0. The first-order valence-corrected chi connectivity index (χ1v) is 23.1. The summed E-state index contributed by atoms with van der Waals surface area (Å²) in [7, 11) is 1.54. The smallest absolute Gasteiger partial charge is 0.255 e. The highest BCUT2D eigenvalue weighted by Gasteiger charge is 2.40. The SMILES string of the molecule is COc1cc2ncnc(Nc3ccc(F)c(Cl)c3)c2cc1NC(=O)/C=C/CN1CCC(N2CCN(CCCCCSc3cccc4c3CN(C3CCC(=O)NC3=O)C4=O)CC2)CC1. The molecule has 0 spiro atoms. The molecule has 0 radical (unpaired) electrons. The zero-order chi connectivity index (χ0) is 43.9. The van der Waals surface area contributed by atoms with Crippen molar-refractivity contribution in [3.05, 3.63) is 89.0 Å². The van der Waals surface area contributed by atoms with Gasteiger partial charge in [-0.15, -0.1) is 11.8 Å². The Morgan fingerprint density at radius 1 is 0.984 bits per heavy atom. The summed E-state index contributed by atoms with van der Waals surface area (Å²) in [6.07, 6.45) is 11.2. The maximum absolute atomic E-state index is 13.7. The van der Waals surface area contributed by atoms with Gasteiger partial charge in [0.05, 0.1) is 23.3 Å². The van der Waals surface area contributed by atoms with Gasteiger partial charge in [-0.25, -0.2) is 14.4 Å². The first kappa shape index (κ1) is 44.5. The highest BCUT2D eigenvalue weighted by molar-refractivity contribution is 7.99. The van der Waals surface area contributed by atoms with Crippen LogP contribution in [0.1, 0.15) is 60.9 Å². The predicted molar refractivity (Wildman–Crippen MR) is 243 cm³/mol. The van der Waals surface area contributed by atoms with Crippen molar-refractivity contribution in [3.8, 4) is 5.75 Å². The highest BCUT2D eigenvalue weighted by Crippen LogP contribution is 2.36. The summed E-state index contributed by atoms with van der Waals surface area (Å²) in [6, 6.07) is 13.6. The second kappa shape index (κ2) is 20.6. The number of piperazine rings is 1. The Hall–Kier alpha value is -5.13. The largest absolute Gasteiger partial charge is 0.494 e. The molecule has 0 bridgehead atoms. The topological polar surface area (TPSA) is 152 Å². The van der Waals surface area contributed by atoms with Gasteiger partial charge in [0.2, 0.25) is 17.7 Å². The molecule has 0 saturated carbocycles. The molecule has 5 heterocycles. The Labute approximate surface area is 375 Å². The fourth-order valence-electron chi connectivity index (χ4n) is 8.95. The number of halogens is 2. The molecule has 1 unspecified atom stereocenters. The van der Waals surface area contributed by atoms with Crippen LogP contribution < -0.4 is 20.7 Å². The van der Waals surface area contributed by atoms with E-state index in [-0.39, 0.29) is 35.1 Å². The molecule has 17 heteroatoms. The monoisotopic (exact) mass is 897 g/mol. The molecule has 3 aromatic carbocycles. The lowest BCUT2D eigenvalue weighted by molar-refractivity contribution is -0.137. The molecule has 3 fully saturated rings. The molecule has 4 amide bonds. The number of carbonyl (C=O) groups excluding carboxylic acids is 4. The third-order valence-corrected chi connectivity index (χ3v) is 13.9. The van der Waals surface area contributed by atoms with Gasteiger partial charge in [0.15, 0.2) is 0 Å². The van der Waals surface area contributed by atoms with Crippen LogP contribution in [-0.2, 0) is 20.9 Å². The molecule has 4 aliphatic rings. The third-order valence-electron chi connectivity index (χ3n) is 12.4. The van der Waals surface area contributed by atoms with Gasteiger partial charge in [-0.2, -0.15) is 0 Å². The zero-order valence-electron chi connectivity index (χ0n) is 35.4. The van der Waals surface area contributed by atoms with Gasteiger partial charge in [0, 0.05) is 85.4 Å². The summed E-state index contributed by atoms with van der Waals surface area (Å²) in [5, 5.41) is 9.11. The van der Waals surface area contributed by atoms with E-state index in [0.717, 1.165) is 94.1 Å². The number of imide groups is 1. The number of likely N-dealkylation sites (tertiary alicyclic amines) is 1. The van der Waals surface area contributed by atoms with Crippen LogP contribution in [-0.4, -0.2) is 131 Å². The molecule has 63 heavy (non-hydrogen) atoms. The van der Waals surface area contributed by atoms with Gasteiger partial charge in [0.1, 0.15) is 29.8 Å². The molecule has 3 N–H and O–H groups in total. The molecule has 4 aliphatic heterocycles. The van der Waals surface area contributed by atoms with Crippen molar-refractivity contribution >= 4 is 75.1 Å². The number of ether oxygens (including phenoxy) is 1. The molecular weight excluding hydrogens is 845 g/mol. The zero-order valence-corrected chi connectivity index (χ0v) is 37.0. The Balaban J connectivity index is 0.715. The molecule has 4 aromatic rings. The lowest BCUT2D eigenvalue weighted by atomic mass is 10.0. The maximum Gasteiger partial charge on any atom is 0.255 e. The lowest BCUT2D eigenvalue weighted by Crippen LogP contribution is -2.53. The lowest BCUT2D eigenvalue weighted by Gasteiger charge is -2.42. The number of amides is 4. The Morgan fingerprint density at radius 3 is 2.59 bits per heavy atom. The molecule has 8 rings (SSSR count). The van der Waals surface area contributed by atoms with Crippen molar-refractivity contribution in [2.75, 3.05) is 75.9 Å². The summed E-state index contributed by atoms with van der Waals surface area (Å²) in [5.74, 6) is 0.346. The van der Waals surface area contributed by atoms with E-state index < -0.39 is 11.9 Å². The molecule has 14 nitrogen and oxygen atoms in total. The van der Waals surface area contributed by atoms with E-state index in [4.69, 9.17) is 16.3 Å². The van der Waals surface area contributed by atoms with Crippen LogP contribution in [0, 0.1) is 5.82 Å². The summed E-state index contributed by atoms with van der Waals surface area (Å²) in [6.45, 7) is 8.57. The molecular formula is C46H53ClFN9O5S. The Morgan fingerprint density at radius 2 is 1.81 bits per heavy atom. The molecule has 0 aliphatic carbocycles. The number of fused-ring (bicyclic) bond motifs is 2. The summed E-state index contributed by atoms with van der Waals surface area (Å²) in [5.41, 5.74) is 3.30. The van der Waals surface area contributed by atoms with Crippen LogP contribution >= 0.6 is 23.4 Å². The van der Waals surface area contributed by atoms with E-state index in [9.17, 15) is 23.6 Å². The quantitative estimate of drug-likeness (QED) is 0.0489. The minimum atomic E-state index is -0.594. The first-order valence-electron chi connectivity index (χ1n) is 21.7. The van der Waals surface area contributed by atoms with E-state index in [2.05, 4.69) is 46.7 Å². The molecule has 332 valence electrons. The first-order chi connectivity index (χ1) is 30.6. The number of carbonyl (C=O) groups is 4. The standard InChI is InChI=1S/C46H53ClFN9O5S/c1-62-40-27-37-33(44(50-29-49-37)51-30-10-11-36(48)35(47)25-30)26-38(40)52-42(58)9-6-17-54-18-14-31(15-19-54)56-22-20-55(21-23-56)16-3-2-4-24-63-41-8-5-7-32-34(41)28-57(46(32)61)39-12-13-43(59)53-45(39)60/h5-11,25-27,29,31,39H,2-4,12-24,28H2,1H3,(H,52,58)(H,49,50,51)(H,53,59,60)/b9-6+. The van der Waals surface area contributed by atoms with Gasteiger partial charge in [0.25, 0.3) is 5.91 Å². The van der Waals surface area contributed by atoms with Crippen molar-refractivity contribution in [3.63, 3.8) is 0 Å². The second-order valence-electron chi connectivity index (χ2n) is 16.4. The van der Waals surface area contributed by atoms with Crippen molar-refractivity contribution in [1.29, 1.82) is 0 Å². The molecule has 3 saturated heterocycles. The van der Waals surface area contributed by atoms with E-state index in [1.54, 1.807) is 40.9 Å². The number of methoxy groups -OCH3 is 1. The van der Waals surface area contributed by atoms with Crippen molar-refractivity contribution < 1.29 is 28.3 Å². The van der Waals surface area contributed by atoms with Crippen LogP contribution in [0.5, 0.6) is 5.75 Å². The number of nitrogens with zero attached hydrogens (tertiary/aromatic N) is 6. The number of thioether (sulfide) groups is 1. The number of hydrogen-bond acceptors (Lipinski definition) is 12. The minimum absolute atomic E-state index is 0.00953. The number of nitrogens with one attached hydrogen (secondary N) is 3. The van der Waals surface area contributed by atoms with E-state index in [1.807, 2.05) is 18.2 Å².